The van der Waals surface area contributed by atoms with Crippen molar-refractivity contribution in [2.24, 2.45) is 0 Å². The molecule has 1 fully saturated rings. The molecule has 0 aliphatic carbocycles. The molecule has 0 bridgehead atoms. The Morgan fingerprint density at radius 2 is 1.77 bits per heavy atom. The van der Waals surface area contributed by atoms with Crippen molar-refractivity contribution in [1.82, 2.24) is 25.2 Å². The Hall–Kier alpha value is -4.60. The van der Waals surface area contributed by atoms with Crippen molar-refractivity contribution in [2.75, 3.05) is 31.6 Å². The summed E-state index contributed by atoms with van der Waals surface area (Å²) in [5.74, 6) is -1.95. The van der Waals surface area contributed by atoms with Gasteiger partial charge in [0.05, 0.1) is 17.0 Å². The summed E-state index contributed by atoms with van der Waals surface area (Å²) in [5.41, 5.74) is 2.14. The molecule has 252 valence electrons. The first-order valence-electron chi connectivity index (χ1n) is 15.0. The Balaban J connectivity index is 1.33. The van der Waals surface area contributed by atoms with Crippen LogP contribution in [0.2, 0.25) is 0 Å². The average molecular weight is 671 g/mol. The second-order valence-corrected chi connectivity index (χ2v) is 13.0. The zero-order valence-electron chi connectivity index (χ0n) is 26.3. The third-order valence-electron chi connectivity index (χ3n) is 7.63. The molecule has 3 aromatic rings. The lowest BCUT2D eigenvalue weighted by Crippen LogP contribution is -2.49. The predicted molar refractivity (Wildman–Crippen MR) is 172 cm³/mol. The zero-order chi connectivity index (χ0) is 34.1. The van der Waals surface area contributed by atoms with Gasteiger partial charge in [0.2, 0.25) is 15.9 Å². The summed E-state index contributed by atoms with van der Waals surface area (Å²) < 4.78 is 48.2. The topological polar surface area (TPSA) is 179 Å². The molecule has 47 heavy (non-hydrogen) atoms. The molecule has 4 rings (SSSR count). The lowest BCUT2D eigenvalue weighted by molar-refractivity contribution is -0.139. The molecule has 1 aromatic heterocycles. The summed E-state index contributed by atoms with van der Waals surface area (Å²) in [6.45, 7) is 4.55. The van der Waals surface area contributed by atoms with E-state index in [9.17, 15) is 32.3 Å². The molecule has 2 heterocycles. The van der Waals surface area contributed by atoms with Crippen molar-refractivity contribution < 1.29 is 37.0 Å². The minimum absolute atomic E-state index is 0.0140. The molecule has 3 amide bonds. The van der Waals surface area contributed by atoms with Crippen LogP contribution in [-0.4, -0.2) is 85.7 Å². The molecule has 0 saturated carbocycles. The van der Waals surface area contributed by atoms with Gasteiger partial charge in [0.25, 0.3) is 0 Å². The van der Waals surface area contributed by atoms with Crippen LogP contribution in [0.5, 0.6) is 0 Å². The van der Waals surface area contributed by atoms with Crippen LogP contribution >= 0.6 is 0 Å². The minimum atomic E-state index is -4.21. The summed E-state index contributed by atoms with van der Waals surface area (Å²) in [6.07, 6.45) is 1.45. The van der Waals surface area contributed by atoms with Crippen LogP contribution in [0.3, 0.4) is 0 Å². The first kappa shape index (κ1) is 35.3. The van der Waals surface area contributed by atoms with E-state index in [1.54, 1.807) is 67.4 Å². The number of anilines is 1. The van der Waals surface area contributed by atoms with Crippen molar-refractivity contribution in [1.29, 1.82) is 0 Å². The number of halogens is 1. The van der Waals surface area contributed by atoms with Gasteiger partial charge in [-0.15, -0.1) is 0 Å². The van der Waals surface area contributed by atoms with Crippen molar-refractivity contribution in [2.45, 2.75) is 56.8 Å². The predicted octanol–water partition coefficient (Wildman–Crippen LogP) is 2.48. The third kappa shape index (κ3) is 9.70. The van der Waals surface area contributed by atoms with E-state index in [2.05, 4.69) is 25.7 Å². The van der Waals surface area contributed by atoms with E-state index in [0.29, 0.717) is 35.5 Å². The fraction of sp³-hybridized carbons (Fsp3) is 0.375. The van der Waals surface area contributed by atoms with E-state index in [4.69, 9.17) is 4.74 Å². The number of carboxylic acids is 1. The van der Waals surface area contributed by atoms with Gasteiger partial charge in [-0.3, -0.25) is 9.59 Å². The summed E-state index contributed by atoms with van der Waals surface area (Å²) >= 11 is 0. The smallest absolute Gasteiger partial charge is 0.323 e. The molecule has 0 radical (unpaired) electrons. The normalized spacial score (nSPS) is 16.8. The maximum atomic E-state index is 14.1. The average Bonchev–Trinajstić information content (AvgIpc) is 3.43. The number of aromatic nitrogens is 1. The van der Waals surface area contributed by atoms with Crippen LogP contribution < -0.4 is 20.7 Å². The summed E-state index contributed by atoms with van der Waals surface area (Å²) in [7, 11) is -4.21. The number of aliphatic carboxylic acids is 1. The summed E-state index contributed by atoms with van der Waals surface area (Å²) in [4.78, 5) is 43.5. The van der Waals surface area contributed by atoms with Crippen LogP contribution in [0, 0.1) is 26.6 Å². The second-order valence-electron chi connectivity index (χ2n) is 11.4. The number of benzene rings is 2. The van der Waals surface area contributed by atoms with E-state index in [1.165, 1.54) is 6.07 Å². The Morgan fingerprint density at radius 1 is 1.06 bits per heavy atom. The number of pyridine rings is 1. The highest BCUT2D eigenvalue weighted by Gasteiger charge is 2.36. The van der Waals surface area contributed by atoms with Crippen molar-refractivity contribution >= 4 is 33.7 Å². The van der Waals surface area contributed by atoms with Gasteiger partial charge in [-0.1, -0.05) is 42.0 Å². The van der Waals surface area contributed by atoms with Gasteiger partial charge in [0.1, 0.15) is 24.3 Å². The number of hydrogen-bond donors (Lipinski definition) is 5. The van der Waals surface area contributed by atoms with Crippen LogP contribution in [0.25, 0.3) is 0 Å². The summed E-state index contributed by atoms with van der Waals surface area (Å²) in [5, 5.41) is 18.0. The molecular weight excluding hydrogens is 631 g/mol. The largest absolute Gasteiger partial charge is 0.480 e. The molecule has 2 aromatic carbocycles. The van der Waals surface area contributed by atoms with Gasteiger partial charge >= 0.3 is 12.0 Å². The maximum Gasteiger partial charge on any atom is 0.323 e. The highest BCUT2D eigenvalue weighted by atomic mass is 32.2. The van der Waals surface area contributed by atoms with Crippen LogP contribution in [0.1, 0.15) is 28.7 Å². The monoisotopic (exact) mass is 670 g/mol. The number of likely N-dealkylation sites (tertiary alicyclic amines) is 1. The van der Waals surface area contributed by atoms with E-state index < -0.39 is 59.0 Å². The van der Waals surface area contributed by atoms with Gasteiger partial charge in [-0.05, 0) is 56.5 Å². The Bertz CT molecular complexity index is 1670. The Kier molecular flexibility index (Phi) is 11.9. The number of aryl methyl sites for hydroxylation is 3. The van der Waals surface area contributed by atoms with Crippen LogP contribution in [0.15, 0.2) is 65.7 Å². The standard InChI is InChI=1S/C32H39FN6O7S/c1-20-12-21(2)30(22(3)13-20)47(44,45)38-27(31(41)42)17-36-29(40)19-46-25-14-24(16-35-28-10-6-7-11-34-28)39(18-25)32(43)37-15-23-8-4-5-9-26(23)33/h4-13,24-25,27,38H,14-19H2,1-3H3,(H,34,35)(H,36,40)(H,37,43)(H,41,42)/t24-,25+,27-/m0/s1. The lowest BCUT2D eigenvalue weighted by atomic mass is 10.1. The van der Waals surface area contributed by atoms with E-state index in [-0.39, 0.29) is 24.0 Å². The number of urea groups is 1. The molecular formula is C32H39FN6O7S. The van der Waals surface area contributed by atoms with E-state index in [0.717, 1.165) is 5.56 Å². The Labute approximate surface area is 273 Å². The first-order chi connectivity index (χ1) is 22.3. The van der Waals surface area contributed by atoms with Gasteiger partial charge in [-0.2, -0.15) is 4.72 Å². The number of carbonyl (C=O) groups excluding carboxylic acids is 2. The van der Waals surface area contributed by atoms with Gasteiger partial charge in [0, 0.05) is 37.9 Å². The molecule has 0 unspecified atom stereocenters. The number of nitrogens with one attached hydrogen (secondary N) is 4. The quantitative estimate of drug-likeness (QED) is 0.172. The Morgan fingerprint density at radius 3 is 2.43 bits per heavy atom. The highest BCUT2D eigenvalue weighted by molar-refractivity contribution is 7.89. The fourth-order valence-corrected chi connectivity index (χ4v) is 7.16. The summed E-state index contributed by atoms with van der Waals surface area (Å²) in [6, 6.07) is 12.4. The van der Waals surface area contributed by atoms with Crippen molar-refractivity contribution in [3.8, 4) is 0 Å². The lowest BCUT2D eigenvalue weighted by Gasteiger charge is -2.25. The van der Waals surface area contributed by atoms with E-state index >= 15 is 0 Å². The zero-order valence-corrected chi connectivity index (χ0v) is 27.1. The van der Waals surface area contributed by atoms with Crippen LogP contribution in [-0.2, 0) is 30.9 Å². The number of sulfonamides is 1. The van der Waals surface area contributed by atoms with Crippen molar-refractivity contribution in [3.63, 3.8) is 0 Å². The first-order valence-corrected chi connectivity index (χ1v) is 16.5. The van der Waals surface area contributed by atoms with Crippen LogP contribution in [0.4, 0.5) is 15.0 Å². The molecule has 13 nitrogen and oxygen atoms in total. The SMILES string of the molecule is Cc1cc(C)c(S(=O)(=O)N[C@@H](CNC(=O)CO[C@@H]2C[C@@H](CNc3ccccn3)N(C(=O)NCc3ccccc3F)C2)C(=O)O)c(C)c1. The van der Waals surface area contributed by atoms with E-state index in [1.807, 2.05) is 13.0 Å². The number of hydrogen-bond acceptors (Lipinski definition) is 8. The number of ether oxygens (including phenoxy) is 1. The number of carbonyl (C=O) groups is 3. The van der Waals surface area contributed by atoms with Gasteiger partial charge in [-0.25, -0.2) is 22.6 Å². The number of nitrogens with zero attached hydrogens (tertiary/aromatic N) is 2. The highest BCUT2D eigenvalue weighted by Crippen LogP contribution is 2.23. The fourth-order valence-electron chi connectivity index (χ4n) is 5.52. The maximum absolute atomic E-state index is 14.1. The minimum Gasteiger partial charge on any atom is -0.480 e. The van der Waals surface area contributed by atoms with Crippen molar-refractivity contribution in [3.05, 3.63) is 88.9 Å². The molecule has 0 spiro atoms. The molecule has 15 heteroatoms. The van der Waals surface area contributed by atoms with Gasteiger partial charge < -0.3 is 30.7 Å². The van der Waals surface area contributed by atoms with Gasteiger partial charge in [0.15, 0.2) is 0 Å². The second kappa shape index (κ2) is 15.8. The third-order valence-corrected chi connectivity index (χ3v) is 9.41. The number of carboxylic acid groups (broad SMARTS) is 1. The molecule has 3 atom stereocenters. The number of rotatable bonds is 14. The molecule has 1 saturated heterocycles. The molecule has 1 aliphatic heterocycles. The molecule has 5 N–H and O–H groups in total. The molecule has 1 aliphatic rings. The number of amides is 3.